The Bertz CT molecular complexity index is 845. The molecule has 0 spiro atoms. The molecular formula is C15H12ClN3O5. The van der Waals surface area contributed by atoms with Gasteiger partial charge in [-0.05, 0) is 18.2 Å². The summed E-state index contributed by atoms with van der Waals surface area (Å²) >= 11 is 6.03. The molecule has 2 aromatic rings. The van der Waals surface area contributed by atoms with Crippen molar-refractivity contribution in [2.45, 2.75) is 0 Å². The van der Waals surface area contributed by atoms with Crippen molar-refractivity contribution < 1.29 is 23.9 Å². The van der Waals surface area contributed by atoms with Gasteiger partial charge in [0.05, 0.1) is 12.2 Å². The van der Waals surface area contributed by atoms with Crippen LogP contribution in [0.25, 0.3) is 11.7 Å². The van der Waals surface area contributed by atoms with Crippen LogP contribution in [0, 0.1) is 0 Å². The molecular weight excluding hydrogens is 338 g/mol. The number of esters is 1. The third-order valence-electron chi connectivity index (χ3n) is 3.30. The summed E-state index contributed by atoms with van der Waals surface area (Å²) in [6.07, 6.45) is 3.60. The average molecular weight is 350 g/mol. The topological polar surface area (TPSA) is 90.2 Å². The van der Waals surface area contributed by atoms with Crippen molar-refractivity contribution in [3.05, 3.63) is 41.3 Å². The molecule has 2 amide bonds. The third kappa shape index (κ3) is 3.23. The summed E-state index contributed by atoms with van der Waals surface area (Å²) in [7, 11) is 0. The van der Waals surface area contributed by atoms with Crippen LogP contribution < -0.4 is 0 Å². The molecule has 1 aliphatic rings. The lowest BCUT2D eigenvalue weighted by atomic mass is 10.4. The lowest BCUT2D eigenvalue weighted by molar-refractivity contribution is -0.146. The van der Waals surface area contributed by atoms with Gasteiger partial charge >= 0.3 is 12.1 Å². The molecule has 124 valence electrons. The van der Waals surface area contributed by atoms with Gasteiger partial charge in [-0.15, -0.1) is 0 Å². The summed E-state index contributed by atoms with van der Waals surface area (Å²) < 4.78 is 11.2. The largest absolute Gasteiger partial charge is 0.452 e. The van der Waals surface area contributed by atoms with Gasteiger partial charge in [0.15, 0.2) is 11.8 Å². The summed E-state index contributed by atoms with van der Waals surface area (Å²) in [6.45, 7) is -0.243. The molecule has 0 aliphatic carbocycles. The van der Waals surface area contributed by atoms with Gasteiger partial charge in [0.2, 0.25) is 0 Å². The zero-order valence-electron chi connectivity index (χ0n) is 12.3. The first kappa shape index (κ1) is 16.0. The number of pyridine rings is 1. The molecule has 0 bridgehead atoms. The molecule has 1 saturated heterocycles. The van der Waals surface area contributed by atoms with Crippen LogP contribution in [-0.2, 0) is 19.1 Å². The van der Waals surface area contributed by atoms with E-state index in [1.54, 1.807) is 22.7 Å². The second kappa shape index (κ2) is 6.71. The number of cyclic esters (lactones) is 1. The molecule has 8 nitrogen and oxygen atoms in total. The van der Waals surface area contributed by atoms with Gasteiger partial charge in [0, 0.05) is 12.3 Å². The lowest BCUT2D eigenvalue weighted by Gasteiger charge is -2.09. The maximum absolute atomic E-state index is 11.7. The fourth-order valence-corrected chi connectivity index (χ4v) is 2.40. The number of ether oxygens (including phenoxy) is 2. The lowest BCUT2D eigenvalue weighted by Crippen LogP contribution is -2.35. The Morgan fingerprint density at radius 2 is 2.25 bits per heavy atom. The molecule has 3 heterocycles. The van der Waals surface area contributed by atoms with Gasteiger partial charge in [-0.2, -0.15) is 0 Å². The predicted octanol–water partition coefficient (Wildman–Crippen LogP) is 1.52. The second-order valence-corrected chi connectivity index (χ2v) is 5.18. The molecule has 9 heteroatoms. The van der Waals surface area contributed by atoms with E-state index in [0.717, 1.165) is 11.0 Å². The van der Waals surface area contributed by atoms with Gasteiger partial charge in [-0.25, -0.2) is 19.5 Å². The van der Waals surface area contributed by atoms with Crippen LogP contribution >= 0.6 is 11.6 Å². The van der Waals surface area contributed by atoms with Crippen LogP contribution in [0.5, 0.6) is 0 Å². The Morgan fingerprint density at radius 3 is 3.00 bits per heavy atom. The summed E-state index contributed by atoms with van der Waals surface area (Å²) in [5.74, 6) is -1.37. The van der Waals surface area contributed by atoms with Gasteiger partial charge in [-0.3, -0.25) is 9.20 Å². The van der Waals surface area contributed by atoms with E-state index in [1.165, 1.54) is 6.08 Å². The molecule has 3 rings (SSSR count). The maximum Gasteiger partial charge on any atom is 0.416 e. The number of nitrogens with zero attached hydrogens (tertiary/aromatic N) is 3. The molecule has 1 aliphatic heterocycles. The fraction of sp³-hybridized carbons (Fsp3) is 0.200. The second-order valence-electron chi connectivity index (χ2n) is 4.82. The number of imidazole rings is 1. The zero-order chi connectivity index (χ0) is 17.1. The monoisotopic (exact) mass is 349 g/mol. The van der Waals surface area contributed by atoms with Crippen LogP contribution in [0.3, 0.4) is 0 Å². The normalized spacial score (nSPS) is 14.4. The first-order valence-electron chi connectivity index (χ1n) is 7.01. The van der Waals surface area contributed by atoms with Crippen LogP contribution in [-0.4, -0.2) is 52.0 Å². The van der Waals surface area contributed by atoms with Gasteiger partial charge in [0.25, 0.3) is 5.91 Å². The van der Waals surface area contributed by atoms with E-state index < -0.39 is 24.6 Å². The van der Waals surface area contributed by atoms with Crippen LogP contribution in [0.1, 0.15) is 5.69 Å². The van der Waals surface area contributed by atoms with Crippen molar-refractivity contribution >= 4 is 41.3 Å². The number of halogens is 1. The van der Waals surface area contributed by atoms with Crippen LogP contribution in [0.2, 0.25) is 5.15 Å². The van der Waals surface area contributed by atoms with Crippen molar-refractivity contribution in [1.82, 2.24) is 14.3 Å². The number of amides is 2. The van der Waals surface area contributed by atoms with Gasteiger partial charge in [-0.1, -0.05) is 17.7 Å². The van der Waals surface area contributed by atoms with Gasteiger partial charge in [0.1, 0.15) is 12.3 Å². The number of imide groups is 1. The summed E-state index contributed by atoms with van der Waals surface area (Å²) in [5.41, 5.74) is 1.15. The quantitative estimate of drug-likeness (QED) is 0.614. The Morgan fingerprint density at radius 1 is 1.42 bits per heavy atom. The number of carbonyl (C=O) groups excluding carboxylic acids is 3. The molecule has 0 atom stereocenters. The van der Waals surface area contributed by atoms with Crippen LogP contribution in [0.4, 0.5) is 4.79 Å². The molecule has 2 aromatic heterocycles. The van der Waals surface area contributed by atoms with Crippen molar-refractivity contribution in [3.63, 3.8) is 0 Å². The number of fused-ring (bicyclic) bond motifs is 1. The highest BCUT2D eigenvalue weighted by atomic mass is 35.5. The SMILES string of the molecule is O=C(/C=C/c1c(Cl)nc2ccccn12)OCC(=O)N1CCOC1=O. The minimum atomic E-state index is -0.738. The number of rotatable bonds is 4. The van der Waals surface area contributed by atoms with E-state index in [9.17, 15) is 14.4 Å². The molecule has 0 aromatic carbocycles. The molecule has 1 fully saturated rings. The highest BCUT2D eigenvalue weighted by molar-refractivity contribution is 6.31. The van der Waals surface area contributed by atoms with E-state index in [2.05, 4.69) is 9.72 Å². The first-order chi connectivity index (χ1) is 11.6. The van der Waals surface area contributed by atoms with Crippen molar-refractivity contribution in [2.24, 2.45) is 0 Å². The number of carbonyl (C=O) groups is 3. The Balaban J connectivity index is 1.62. The highest BCUT2D eigenvalue weighted by Gasteiger charge is 2.28. The standard InChI is InChI=1S/C15H12ClN3O5/c16-14-10(18-6-2-1-3-11(18)17-14)4-5-13(21)24-9-12(20)19-7-8-23-15(19)22/h1-6H,7-9H2/b5-4+. The molecule has 0 N–H and O–H groups in total. The minimum absolute atomic E-state index is 0.144. The zero-order valence-corrected chi connectivity index (χ0v) is 13.1. The molecule has 0 radical (unpaired) electrons. The predicted molar refractivity (Wildman–Crippen MR) is 83.3 cm³/mol. The number of hydrogen-bond acceptors (Lipinski definition) is 6. The number of hydrogen-bond donors (Lipinski definition) is 0. The average Bonchev–Trinajstić information content (AvgIpc) is 3.13. The maximum atomic E-state index is 11.7. The number of aromatic nitrogens is 2. The Hall–Kier alpha value is -2.87. The van der Waals surface area contributed by atoms with Crippen molar-refractivity contribution in [2.75, 3.05) is 19.8 Å². The van der Waals surface area contributed by atoms with Crippen molar-refractivity contribution in [1.29, 1.82) is 0 Å². The Labute approximate surface area is 141 Å². The molecule has 24 heavy (non-hydrogen) atoms. The highest BCUT2D eigenvalue weighted by Crippen LogP contribution is 2.18. The summed E-state index contributed by atoms with van der Waals surface area (Å²) in [5, 5.41) is 0.237. The van der Waals surface area contributed by atoms with E-state index in [4.69, 9.17) is 16.3 Å². The fourth-order valence-electron chi connectivity index (χ4n) is 2.16. The van der Waals surface area contributed by atoms with E-state index in [-0.39, 0.29) is 18.3 Å². The first-order valence-corrected chi connectivity index (χ1v) is 7.38. The van der Waals surface area contributed by atoms with E-state index in [1.807, 2.05) is 6.07 Å². The van der Waals surface area contributed by atoms with Crippen LogP contribution in [0.15, 0.2) is 30.5 Å². The van der Waals surface area contributed by atoms with Crippen molar-refractivity contribution in [3.8, 4) is 0 Å². The van der Waals surface area contributed by atoms with Gasteiger partial charge < -0.3 is 9.47 Å². The van der Waals surface area contributed by atoms with E-state index >= 15 is 0 Å². The summed E-state index contributed by atoms with van der Waals surface area (Å²) in [6, 6.07) is 5.39. The molecule has 0 saturated carbocycles. The third-order valence-corrected chi connectivity index (χ3v) is 3.58. The molecule has 0 unspecified atom stereocenters. The minimum Gasteiger partial charge on any atom is -0.452 e. The Kier molecular flexibility index (Phi) is 4.48. The summed E-state index contributed by atoms with van der Waals surface area (Å²) in [4.78, 5) is 39.7. The van der Waals surface area contributed by atoms with E-state index in [0.29, 0.717) is 11.3 Å². The smallest absolute Gasteiger partial charge is 0.416 e.